The predicted molar refractivity (Wildman–Crippen MR) is 137 cm³/mol. The van der Waals surface area contributed by atoms with Crippen molar-refractivity contribution in [2.45, 2.75) is 18.9 Å². The Kier molecular flexibility index (Phi) is 9.76. The fourth-order valence-electron chi connectivity index (χ4n) is 3.86. The Balaban J connectivity index is 0.00000324. The molecular weight excluding hydrogens is 452 g/mol. The molecule has 2 N–H and O–H groups in total. The molecule has 180 valence electrons. The molecule has 0 spiro atoms. The maximum atomic E-state index is 13.2. The van der Waals surface area contributed by atoms with Gasteiger partial charge in [-0.25, -0.2) is 0 Å². The number of methoxy groups -OCH3 is 1. The van der Waals surface area contributed by atoms with Gasteiger partial charge in [0.2, 0.25) is 0 Å². The van der Waals surface area contributed by atoms with Gasteiger partial charge in [-0.1, -0.05) is 36.4 Å². The Hall–Kier alpha value is -3.06. The third kappa shape index (κ3) is 6.97. The van der Waals surface area contributed by atoms with Gasteiger partial charge >= 0.3 is 0 Å². The minimum atomic E-state index is -0.162. The van der Waals surface area contributed by atoms with Crippen LogP contribution in [-0.2, 0) is 4.74 Å². The molecule has 6 nitrogen and oxygen atoms in total. The number of rotatable bonds is 9. The first-order valence-corrected chi connectivity index (χ1v) is 11.3. The van der Waals surface area contributed by atoms with E-state index in [-0.39, 0.29) is 24.4 Å². The number of halogens is 1. The van der Waals surface area contributed by atoms with E-state index in [1.54, 1.807) is 7.11 Å². The second kappa shape index (κ2) is 13.0. The first-order chi connectivity index (χ1) is 16.2. The molecule has 4 rings (SSSR count). The highest BCUT2D eigenvalue weighted by Gasteiger charge is 2.16. The van der Waals surface area contributed by atoms with Crippen LogP contribution in [-0.4, -0.2) is 45.4 Å². The molecule has 1 fully saturated rings. The molecule has 3 aromatic carbocycles. The fraction of sp³-hybridized carbons (Fsp3) is 0.296. The number of hydrogen-bond acceptors (Lipinski definition) is 5. The molecule has 0 atom stereocenters. The standard InChI is InChI=1S/C27H30N2O4.ClH/c1-31-17-18-32-22-11-9-20(10-12-22)25-7-2-3-8-26(25)27(30)29-21-5-4-6-24(19-21)33-23-13-15-28-16-14-23;/h2-12,19,23,28H,13-18H2,1H3,(H,29,30);1H. The lowest BCUT2D eigenvalue weighted by Crippen LogP contribution is -2.34. The average Bonchev–Trinajstić information content (AvgIpc) is 2.85. The van der Waals surface area contributed by atoms with Crippen molar-refractivity contribution in [3.8, 4) is 22.6 Å². The van der Waals surface area contributed by atoms with Crippen LogP contribution >= 0.6 is 12.4 Å². The van der Waals surface area contributed by atoms with E-state index >= 15 is 0 Å². The lowest BCUT2D eigenvalue weighted by atomic mass is 9.99. The maximum Gasteiger partial charge on any atom is 0.256 e. The van der Waals surface area contributed by atoms with Gasteiger partial charge in [0.05, 0.1) is 6.61 Å². The zero-order chi connectivity index (χ0) is 22.9. The summed E-state index contributed by atoms with van der Waals surface area (Å²) in [6, 6.07) is 22.9. The van der Waals surface area contributed by atoms with Gasteiger partial charge in [-0.05, 0) is 67.4 Å². The van der Waals surface area contributed by atoms with Crippen LogP contribution in [0, 0.1) is 0 Å². The van der Waals surface area contributed by atoms with Gasteiger partial charge in [-0.2, -0.15) is 0 Å². The SMILES string of the molecule is COCCOc1ccc(-c2ccccc2C(=O)Nc2cccc(OC3CCNCC3)c2)cc1.Cl. The Bertz CT molecular complexity index is 1050. The van der Waals surface area contributed by atoms with Crippen molar-refractivity contribution in [3.05, 3.63) is 78.4 Å². The number of hydrogen-bond donors (Lipinski definition) is 2. The molecule has 0 bridgehead atoms. The summed E-state index contributed by atoms with van der Waals surface area (Å²) >= 11 is 0. The largest absolute Gasteiger partial charge is 0.491 e. The minimum absolute atomic E-state index is 0. The molecule has 1 aliphatic rings. The summed E-state index contributed by atoms with van der Waals surface area (Å²) in [6.45, 7) is 2.97. The Morgan fingerprint density at radius 3 is 2.47 bits per heavy atom. The molecule has 0 aromatic heterocycles. The van der Waals surface area contributed by atoms with Crippen LogP contribution in [0.25, 0.3) is 11.1 Å². The normalized spacial score (nSPS) is 13.6. The summed E-state index contributed by atoms with van der Waals surface area (Å²) in [5.74, 6) is 1.38. The summed E-state index contributed by atoms with van der Waals surface area (Å²) < 4.78 is 16.8. The number of carbonyl (C=O) groups excluding carboxylic acids is 1. The maximum absolute atomic E-state index is 13.2. The Labute approximate surface area is 207 Å². The van der Waals surface area contributed by atoms with Crippen LogP contribution < -0.4 is 20.1 Å². The average molecular weight is 483 g/mol. The summed E-state index contributed by atoms with van der Waals surface area (Å²) in [4.78, 5) is 13.2. The van der Waals surface area contributed by atoms with E-state index in [4.69, 9.17) is 14.2 Å². The molecule has 0 aliphatic carbocycles. The van der Waals surface area contributed by atoms with E-state index in [0.717, 1.165) is 48.6 Å². The number of anilines is 1. The van der Waals surface area contributed by atoms with Gasteiger partial charge in [0.1, 0.15) is 24.2 Å². The number of piperidine rings is 1. The minimum Gasteiger partial charge on any atom is -0.491 e. The molecule has 1 aliphatic heterocycles. The topological polar surface area (TPSA) is 68.8 Å². The van der Waals surface area contributed by atoms with Gasteiger partial charge < -0.3 is 24.8 Å². The van der Waals surface area contributed by atoms with E-state index < -0.39 is 0 Å². The molecule has 0 radical (unpaired) electrons. The molecule has 0 unspecified atom stereocenters. The van der Waals surface area contributed by atoms with Crippen molar-refractivity contribution in [3.63, 3.8) is 0 Å². The van der Waals surface area contributed by atoms with Crippen molar-refractivity contribution < 1.29 is 19.0 Å². The highest BCUT2D eigenvalue weighted by molar-refractivity contribution is 6.08. The van der Waals surface area contributed by atoms with E-state index in [9.17, 15) is 4.79 Å². The summed E-state index contributed by atoms with van der Waals surface area (Å²) in [6.07, 6.45) is 2.18. The zero-order valence-corrected chi connectivity index (χ0v) is 20.1. The Morgan fingerprint density at radius 1 is 0.941 bits per heavy atom. The van der Waals surface area contributed by atoms with Crippen molar-refractivity contribution in [2.24, 2.45) is 0 Å². The number of benzene rings is 3. The van der Waals surface area contributed by atoms with Gasteiger partial charge in [0, 0.05) is 24.4 Å². The molecule has 1 amide bonds. The van der Waals surface area contributed by atoms with E-state index in [0.29, 0.717) is 24.5 Å². The number of carbonyl (C=O) groups is 1. The summed E-state index contributed by atoms with van der Waals surface area (Å²) in [5.41, 5.74) is 3.13. The molecule has 1 heterocycles. The van der Waals surface area contributed by atoms with E-state index in [1.807, 2.05) is 72.8 Å². The van der Waals surface area contributed by atoms with E-state index in [2.05, 4.69) is 10.6 Å². The molecule has 3 aromatic rings. The van der Waals surface area contributed by atoms with Crippen LogP contribution in [0.2, 0.25) is 0 Å². The quantitative estimate of drug-likeness (QED) is 0.411. The molecule has 0 saturated carbocycles. The molecular formula is C27H31ClN2O4. The number of ether oxygens (including phenoxy) is 3. The second-order valence-corrected chi connectivity index (χ2v) is 7.96. The zero-order valence-electron chi connectivity index (χ0n) is 19.3. The van der Waals surface area contributed by atoms with Crippen molar-refractivity contribution in [1.29, 1.82) is 0 Å². The lowest BCUT2D eigenvalue weighted by molar-refractivity contribution is 0.102. The van der Waals surface area contributed by atoms with Crippen LogP contribution in [0.4, 0.5) is 5.69 Å². The fourth-order valence-corrected chi connectivity index (χ4v) is 3.86. The van der Waals surface area contributed by atoms with Crippen molar-refractivity contribution in [2.75, 3.05) is 38.7 Å². The third-order valence-electron chi connectivity index (χ3n) is 5.57. The molecule has 34 heavy (non-hydrogen) atoms. The van der Waals surface area contributed by atoms with Gasteiger partial charge in [0.15, 0.2) is 0 Å². The van der Waals surface area contributed by atoms with Crippen LogP contribution in [0.15, 0.2) is 72.8 Å². The monoisotopic (exact) mass is 482 g/mol. The first kappa shape index (κ1) is 25.6. The highest BCUT2D eigenvalue weighted by atomic mass is 35.5. The van der Waals surface area contributed by atoms with Crippen molar-refractivity contribution in [1.82, 2.24) is 5.32 Å². The number of amides is 1. The smallest absolute Gasteiger partial charge is 0.256 e. The predicted octanol–water partition coefficient (Wildman–Crippen LogP) is 5.18. The summed E-state index contributed by atoms with van der Waals surface area (Å²) in [5, 5.41) is 6.36. The van der Waals surface area contributed by atoms with Crippen LogP contribution in [0.1, 0.15) is 23.2 Å². The highest BCUT2D eigenvalue weighted by Crippen LogP contribution is 2.27. The van der Waals surface area contributed by atoms with Gasteiger partial charge in [-0.3, -0.25) is 4.79 Å². The number of nitrogens with one attached hydrogen (secondary N) is 2. The third-order valence-corrected chi connectivity index (χ3v) is 5.57. The second-order valence-electron chi connectivity index (χ2n) is 7.96. The van der Waals surface area contributed by atoms with Crippen LogP contribution in [0.3, 0.4) is 0 Å². The van der Waals surface area contributed by atoms with Gasteiger partial charge in [-0.15, -0.1) is 12.4 Å². The molecule has 7 heteroatoms. The molecule has 1 saturated heterocycles. The summed E-state index contributed by atoms with van der Waals surface area (Å²) in [7, 11) is 1.65. The first-order valence-electron chi connectivity index (χ1n) is 11.3. The van der Waals surface area contributed by atoms with Gasteiger partial charge in [0.25, 0.3) is 5.91 Å². The Morgan fingerprint density at radius 2 is 1.71 bits per heavy atom. The van der Waals surface area contributed by atoms with Crippen LogP contribution in [0.5, 0.6) is 11.5 Å². The lowest BCUT2D eigenvalue weighted by Gasteiger charge is -2.24. The van der Waals surface area contributed by atoms with E-state index in [1.165, 1.54) is 0 Å². The van der Waals surface area contributed by atoms with Crippen molar-refractivity contribution >= 4 is 24.0 Å².